The van der Waals surface area contributed by atoms with Crippen molar-refractivity contribution in [2.24, 2.45) is 0 Å². The number of carbonyl (C=O) groups is 1. The van der Waals surface area contributed by atoms with Crippen molar-refractivity contribution in [2.45, 2.75) is 18.3 Å². The second-order valence-corrected chi connectivity index (χ2v) is 5.92. The number of esters is 1. The number of hydrogen-bond donors (Lipinski definition) is 0. The number of ether oxygens (including phenoxy) is 4. The SMILES string of the molecule is O=C(OCC1CO1)c1ccc(N(CC2CO2)CC2CO2)cc1. The van der Waals surface area contributed by atoms with Crippen molar-refractivity contribution in [3.05, 3.63) is 29.8 Å². The lowest BCUT2D eigenvalue weighted by Crippen LogP contribution is -2.31. The lowest BCUT2D eigenvalue weighted by Gasteiger charge is -2.23. The number of benzene rings is 1. The molecule has 3 heterocycles. The predicted molar refractivity (Wildman–Crippen MR) is 78.2 cm³/mol. The molecule has 3 unspecified atom stereocenters. The second-order valence-electron chi connectivity index (χ2n) is 5.92. The molecule has 6 heteroatoms. The van der Waals surface area contributed by atoms with E-state index in [1.807, 2.05) is 12.1 Å². The minimum atomic E-state index is -0.301. The lowest BCUT2D eigenvalue weighted by atomic mass is 10.2. The van der Waals surface area contributed by atoms with Gasteiger partial charge in [-0.3, -0.25) is 0 Å². The number of carbonyl (C=O) groups excluding carboxylic acids is 1. The Balaban J connectivity index is 1.38. The molecule has 3 saturated heterocycles. The molecule has 0 amide bonds. The van der Waals surface area contributed by atoms with E-state index in [-0.39, 0.29) is 12.1 Å². The van der Waals surface area contributed by atoms with Crippen LogP contribution in [0.1, 0.15) is 10.4 Å². The molecule has 0 aliphatic carbocycles. The fraction of sp³-hybridized carbons (Fsp3) is 0.562. The molecule has 0 N–H and O–H groups in total. The zero-order valence-corrected chi connectivity index (χ0v) is 12.3. The van der Waals surface area contributed by atoms with Crippen LogP contribution in [0.2, 0.25) is 0 Å². The normalized spacial score (nSPS) is 28.1. The highest BCUT2D eigenvalue weighted by molar-refractivity contribution is 5.89. The molecule has 3 aliphatic heterocycles. The molecule has 0 spiro atoms. The van der Waals surface area contributed by atoms with E-state index in [1.54, 1.807) is 12.1 Å². The summed E-state index contributed by atoms with van der Waals surface area (Å²) in [6.07, 6.45) is 0.736. The Morgan fingerprint density at radius 2 is 1.55 bits per heavy atom. The maximum atomic E-state index is 11.9. The van der Waals surface area contributed by atoms with Crippen molar-refractivity contribution < 1.29 is 23.7 Å². The third-order valence-electron chi connectivity index (χ3n) is 3.92. The molecule has 6 nitrogen and oxygen atoms in total. The van der Waals surface area contributed by atoms with Crippen LogP contribution in [0.4, 0.5) is 5.69 Å². The van der Waals surface area contributed by atoms with E-state index in [0.717, 1.165) is 32.0 Å². The quantitative estimate of drug-likeness (QED) is 0.524. The van der Waals surface area contributed by atoms with E-state index in [1.165, 1.54) is 0 Å². The van der Waals surface area contributed by atoms with Crippen LogP contribution in [-0.4, -0.2) is 63.8 Å². The van der Waals surface area contributed by atoms with Gasteiger partial charge in [0.25, 0.3) is 0 Å². The highest BCUT2D eigenvalue weighted by Crippen LogP contribution is 2.23. The van der Waals surface area contributed by atoms with Gasteiger partial charge in [-0.05, 0) is 24.3 Å². The van der Waals surface area contributed by atoms with Crippen molar-refractivity contribution in [1.29, 1.82) is 0 Å². The predicted octanol–water partition coefficient (Wildman–Crippen LogP) is 0.846. The Hall–Kier alpha value is -1.63. The third-order valence-corrected chi connectivity index (χ3v) is 3.92. The molecule has 0 radical (unpaired) electrons. The van der Waals surface area contributed by atoms with Gasteiger partial charge < -0.3 is 23.8 Å². The highest BCUT2D eigenvalue weighted by atomic mass is 16.6. The molecular formula is C16H19NO5. The van der Waals surface area contributed by atoms with Gasteiger partial charge in [0, 0.05) is 18.8 Å². The summed E-state index contributed by atoms with van der Waals surface area (Å²) in [7, 11) is 0. The van der Waals surface area contributed by atoms with Gasteiger partial charge in [-0.2, -0.15) is 0 Å². The maximum absolute atomic E-state index is 11.9. The summed E-state index contributed by atoms with van der Waals surface area (Å²) in [6, 6.07) is 7.52. The van der Waals surface area contributed by atoms with Gasteiger partial charge in [0.05, 0.1) is 37.6 Å². The molecule has 22 heavy (non-hydrogen) atoms. The summed E-state index contributed by atoms with van der Waals surface area (Å²) < 4.78 is 20.8. The number of epoxide rings is 3. The van der Waals surface area contributed by atoms with Crippen LogP contribution in [0.15, 0.2) is 24.3 Å². The van der Waals surface area contributed by atoms with Crippen LogP contribution in [0.3, 0.4) is 0 Å². The fourth-order valence-electron chi connectivity index (χ4n) is 2.35. The van der Waals surface area contributed by atoms with E-state index >= 15 is 0 Å². The second kappa shape index (κ2) is 5.87. The van der Waals surface area contributed by atoms with Crippen LogP contribution in [0, 0.1) is 0 Å². The molecule has 4 rings (SSSR count). The van der Waals surface area contributed by atoms with Crippen molar-refractivity contribution >= 4 is 11.7 Å². The highest BCUT2D eigenvalue weighted by Gasteiger charge is 2.31. The molecule has 0 saturated carbocycles. The number of hydrogen-bond acceptors (Lipinski definition) is 6. The van der Waals surface area contributed by atoms with Gasteiger partial charge in [-0.15, -0.1) is 0 Å². The maximum Gasteiger partial charge on any atom is 0.338 e. The summed E-state index contributed by atoms with van der Waals surface area (Å²) in [4.78, 5) is 14.2. The van der Waals surface area contributed by atoms with E-state index in [2.05, 4.69) is 4.90 Å². The number of nitrogens with zero attached hydrogens (tertiary/aromatic N) is 1. The first-order valence-corrected chi connectivity index (χ1v) is 7.65. The summed E-state index contributed by atoms with van der Waals surface area (Å²) in [5.74, 6) is -0.301. The minimum absolute atomic E-state index is 0.0933. The largest absolute Gasteiger partial charge is 0.459 e. The Bertz CT molecular complexity index is 520. The van der Waals surface area contributed by atoms with Crippen molar-refractivity contribution in [3.63, 3.8) is 0 Å². The fourth-order valence-corrected chi connectivity index (χ4v) is 2.35. The average Bonchev–Trinajstić information content (AvgIpc) is 3.37. The molecule has 0 bridgehead atoms. The van der Waals surface area contributed by atoms with E-state index in [0.29, 0.717) is 31.0 Å². The van der Waals surface area contributed by atoms with Gasteiger partial charge in [-0.1, -0.05) is 0 Å². The van der Waals surface area contributed by atoms with Crippen LogP contribution < -0.4 is 4.90 Å². The van der Waals surface area contributed by atoms with Crippen LogP contribution >= 0.6 is 0 Å². The zero-order valence-electron chi connectivity index (χ0n) is 12.3. The van der Waals surface area contributed by atoms with Crippen molar-refractivity contribution in [1.82, 2.24) is 0 Å². The molecule has 3 fully saturated rings. The molecule has 1 aromatic rings. The molecule has 3 aliphatic rings. The topological polar surface area (TPSA) is 67.1 Å². The van der Waals surface area contributed by atoms with Crippen LogP contribution in [0.25, 0.3) is 0 Å². The number of anilines is 1. The van der Waals surface area contributed by atoms with Gasteiger partial charge in [0.1, 0.15) is 12.7 Å². The Kier molecular flexibility index (Phi) is 3.73. The molecule has 3 atom stereocenters. The Labute approximate surface area is 128 Å². The summed E-state index contributed by atoms with van der Waals surface area (Å²) in [5, 5.41) is 0. The first kappa shape index (κ1) is 14.0. The smallest absolute Gasteiger partial charge is 0.338 e. The monoisotopic (exact) mass is 305 g/mol. The minimum Gasteiger partial charge on any atom is -0.459 e. The average molecular weight is 305 g/mol. The van der Waals surface area contributed by atoms with Gasteiger partial charge in [0.15, 0.2) is 0 Å². The van der Waals surface area contributed by atoms with Crippen molar-refractivity contribution in [3.8, 4) is 0 Å². The summed E-state index contributed by atoms with van der Waals surface area (Å²) in [6.45, 7) is 4.41. The van der Waals surface area contributed by atoms with Gasteiger partial charge in [-0.25, -0.2) is 4.79 Å². The zero-order chi connectivity index (χ0) is 14.9. The van der Waals surface area contributed by atoms with Crippen LogP contribution in [0.5, 0.6) is 0 Å². The van der Waals surface area contributed by atoms with Gasteiger partial charge >= 0.3 is 5.97 Å². The van der Waals surface area contributed by atoms with Gasteiger partial charge in [0.2, 0.25) is 0 Å². The summed E-state index contributed by atoms with van der Waals surface area (Å²) >= 11 is 0. The molecular weight excluding hydrogens is 286 g/mol. The number of rotatable bonds is 8. The van der Waals surface area contributed by atoms with E-state index < -0.39 is 0 Å². The van der Waals surface area contributed by atoms with Crippen molar-refractivity contribution in [2.75, 3.05) is 44.4 Å². The summed E-state index contributed by atoms with van der Waals surface area (Å²) in [5.41, 5.74) is 1.64. The first-order valence-electron chi connectivity index (χ1n) is 7.65. The Morgan fingerprint density at radius 1 is 1.00 bits per heavy atom. The molecule has 1 aromatic carbocycles. The van der Waals surface area contributed by atoms with E-state index in [9.17, 15) is 4.79 Å². The molecule has 118 valence electrons. The lowest BCUT2D eigenvalue weighted by molar-refractivity contribution is 0.0476. The standard InChI is InChI=1S/C16H19NO5/c18-16(22-10-15-9-21-15)11-1-3-12(4-2-11)17(5-13-7-19-13)6-14-8-20-14/h1-4,13-15H,5-10H2. The first-order chi connectivity index (χ1) is 10.8. The molecule has 0 aromatic heterocycles. The Morgan fingerprint density at radius 3 is 2.05 bits per heavy atom. The van der Waals surface area contributed by atoms with Crippen LogP contribution in [-0.2, 0) is 18.9 Å². The third kappa shape index (κ3) is 3.76. The van der Waals surface area contributed by atoms with E-state index in [4.69, 9.17) is 18.9 Å².